The van der Waals surface area contributed by atoms with E-state index < -0.39 is 5.54 Å². The maximum absolute atomic E-state index is 12.5. The van der Waals surface area contributed by atoms with E-state index in [1.807, 2.05) is 18.4 Å². The summed E-state index contributed by atoms with van der Waals surface area (Å²) >= 11 is 0. The Morgan fingerprint density at radius 3 is 2.37 bits per heavy atom. The van der Waals surface area contributed by atoms with Gasteiger partial charge in [-0.3, -0.25) is 9.69 Å². The number of hydrogen-bond acceptors (Lipinski definition) is 4. The van der Waals surface area contributed by atoms with Crippen LogP contribution in [0.15, 0.2) is 6.33 Å². The van der Waals surface area contributed by atoms with Crippen LogP contribution in [0.25, 0.3) is 0 Å². The van der Waals surface area contributed by atoms with Crippen molar-refractivity contribution in [3.8, 4) is 0 Å². The maximum Gasteiger partial charge on any atom is 0.317 e. The molecule has 0 aromatic carbocycles. The molecule has 2 saturated heterocycles. The van der Waals surface area contributed by atoms with E-state index in [0.29, 0.717) is 39.0 Å². The summed E-state index contributed by atoms with van der Waals surface area (Å²) in [7, 11) is 0. The molecule has 3 N–H and O–H groups in total. The summed E-state index contributed by atoms with van der Waals surface area (Å²) in [5, 5.41) is 2.98. The number of primary amides is 1. The number of piperidine rings is 2. The second-order valence-electron chi connectivity index (χ2n) is 7.77. The van der Waals surface area contributed by atoms with E-state index in [9.17, 15) is 9.59 Å². The molecule has 0 atom stereocenters. The highest BCUT2D eigenvalue weighted by Crippen LogP contribution is 2.31. The van der Waals surface area contributed by atoms with E-state index in [1.54, 1.807) is 11.2 Å². The van der Waals surface area contributed by atoms with E-state index in [0.717, 1.165) is 37.3 Å². The van der Waals surface area contributed by atoms with Crippen molar-refractivity contribution in [2.24, 2.45) is 5.73 Å². The Bertz CT molecular complexity index is 672. The van der Waals surface area contributed by atoms with Crippen LogP contribution in [0.3, 0.4) is 0 Å². The fourth-order valence-electron chi connectivity index (χ4n) is 4.28. The predicted octanol–water partition coefficient (Wildman–Crippen LogP) is 1.02. The average molecular weight is 377 g/mol. The predicted molar refractivity (Wildman–Crippen MR) is 103 cm³/mol. The number of carbonyl (C=O) groups excluding carboxylic acids is 2. The van der Waals surface area contributed by atoms with Crippen molar-refractivity contribution in [3.05, 3.63) is 17.7 Å². The van der Waals surface area contributed by atoms with E-state index in [-0.39, 0.29) is 11.9 Å². The first-order chi connectivity index (χ1) is 12.9. The number of imidazole rings is 1. The summed E-state index contributed by atoms with van der Waals surface area (Å²) in [6.45, 7) is 8.25. The molecule has 8 heteroatoms. The fraction of sp³-hybridized carbons (Fsp3) is 0.737. The number of carbonyl (C=O) groups is 2. The van der Waals surface area contributed by atoms with Crippen LogP contribution in [0, 0.1) is 13.8 Å². The smallest absolute Gasteiger partial charge is 0.317 e. The monoisotopic (exact) mass is 376 g/mol. The van der Waals surface area contributed by atoms with E-state index in [4.69, 9.17) is 5.73 Å². The van der Waals surface area contributed by atoms with Gasteiger partial charge >= 0.3 is 6.03 Å². The standard InChI is InChI=1S/C19H32N6O2/c1-15-16(2)24(14-22-15)13-8-21-18(27)23-11-6-19(7-12-23,17(20)26)25-9-4-3-5-10-25/h14H,3-13H2,1-2H3,(H2,20,26)(H,21,27). The number of aromatic nitrogens is 2. The van der Waals surface area contributed by atoms with Gasteiger partial charge in [-0.15, -0.1) is 0 Å². The molecule has 8 nitrogen and oxygen atoms in total. The number of urea groups is 1. The zero-order valence-electron chi connectivity index (χ0n) is 16.5. The molecule has 2 aliphatic rings. The van der Waals surface area contributed by atoms with Crippen molar-refractivity contribution in [1.82, 2.24) is 24.7 Å². The van der Waals surface area contributed by atoms with Crippen molar-refractivity contribution in [3.63, 3.8) is 0 Å². The minimum absolute atomic E-state index is 0.0683. The molecule has 3 heterocycles. The highest BCUT2D eigenvalue weighted by Gasteiger charge is 2.45. The molecule has 27 heavy (non-hydrogen) atoms. The van der Waals surface area contributed by atoms with Crippen molar-refractivity contribution in [1.29, 1.82) is 0 Å². The number of nitrogens with two attached hydrogens (primary N) is 1. The Morgan fingerprint density at radius 1 is 1.15 bits per heavy atom. The molecule has 0 aliphatic carbocycles. The summed E-state index contributed by atoms with van der Waals surface area (Å²) in [5.74, 6) is -0.240. The van der Waals surface area contributed by atoms with Crippen molar-refractivity contribution in [2.75, 3.05) is 32.7 Å². The first-order valence-electron chi connectivity index (χ1n) is 10.00. The van der Waals surface area contributed by atoms with Gasteiger partial charge in [-0.1, -0.05) is 6.42 Å². The summed E-state index contributed by atoms with van der Waals surface area (Å²) in [6.07, 6.45) is 6.50. The number of aryl methyl sites for hydroxylation is 1. The molecule has 0 bridgehead atoms. The molecule has 2 fully saturated rings. The van der Waals surface area contributed by atoms with Crippen molar-refractivity contribution >= 4 is 11.9 Å². The molecule has 0 radical (unpaired) electrons. The van der Waals surface area contributed by atoms with E-state index in [2.05, 4.69) is 15.2 Å². The lowest BCUT2D eigenvalue weighted by Crippen LogP contribution is -2.64. The maximum atomic E-state index is 12.5. The minimum Gasteiger partial charge on any atom is -0.368 e. The highest BCUT2D eigenvalue weighted by atomic mass is 16.2. The molecule has 3 amide bonds. The SMILES string of the molecule is Cc1ncn(CCNC(=O)N2CCC(C(N)=O)(N3CCCCC3)CC2)c1C. The summed E-state index contributed by atoms with van der Waals surface area (Å²) < 4.78 is 2.04. The van der Waals surface area contributed by atoms with Crippen molar-refractivity contribution < 1.29 is 9.59 Å². The van der Waals surface area contributed by atoms with Crippen LogP contribution >= 0.6 is 0 Å². The molecule has 2 aliphatic heterocycles. The third-order valence-corrected chi connectivity index (χ3v) is 6.27. The highest BCUT2D eigenvalue weighted by molar-refractivity contribution is 5.85. The van der Waals surface area contributed by atoms with Gasteiger partial charge in [-0.2, -0.15) is 0 Å². The molecule has 0 unspecified atom stereocenters. The van der Waals surface area contributed by atoms with Gasteiger partial charge in [0.2, 0.25) is 5.91 Å². The lowest BCUT2D eigenvalue weighted by molar-refractivity contribution is -0.134. The fourth-order valence-corrected chi connectivity index (χ4v) is 4.28. The van der Waals surface area contributed by atoms with Gasteiger partial charge in [0.05, 0.1) is 12.0 Å². The number of nitrogens with zero attached hydrogens (tertiary/aromatic N) is 4. The normalized spacial score (nSPS) is 20.4. The van der Waals surface area contributed by atoms with Crippen LogP contribution in [0.5, 0.6) is 0 Å². The van der Waals surface area contributed by atoms with Crippen LogP contribution in [0.4, 0.5) is 4.79 Å². The Balaban J connectivity index is 1.50. The van der Waals surface area contributed by atoms with Gasteiger partial charge in [0.15, 0.2) is 0 Å². The molecular formula is C19H32N6O2. The van der Waals surface area contributed by atoms with Gasteiger partial charge in [0.25, 0.3) is 0 Å². The van der Waals surface area contributed by atoms with Gasteiger partial charge in [0, 0.05) is 31.9 Å². The number of likely N-dealkylation sites (tertiary alicyclic amines) is 2. The summed E-state index contributed by atoms with van der Waals surface area (Å²) in [4.78, 5) is 33.1. The molecular weight excluding hydrogens is 344 g/mol. The third-order valence-electron chi connectivity index (χ3n) is 6.27. The largest absolute Gasteiger partial charge is 0.368 e. The van der Waals surface area contributed by atoms with Gasteiger partial charge in [-0.05, 0) is 52.6 Å². The van der Waals surface area contributed by atoms with Crippen molar-refractivity contribution in [2.45, 2.75) is 58.0 Å². The Kier molecular flexibility index (Phi) is 6.04. The van der Waals surface area contributed by atoms with Crippen LogP contribution in [-0.4, -0.2) is 69.6 Å². The number of amides is 3. The first-order valence-corrected chi connectivity index (χ1v) is 10.00. The summed E-state index contributed by atoms with van der Waals surface area (Å²) in [5.41, 5.74) is 7.36. The van der Waals surface area contributed by atoms with Crippen LogP contribution in [0.1, 0.15) is 43.5 Å². The zero-order valence-corrected chi connectivity index (χ0v) is 16.5. The van der Waals surface area contributed by atoms with Crippen LogP contribution in [0.2, 0.25) is 0 Å². The van der Waals surface area contributed by atoms with Gasteiger partial charge in [0.1, 0.15) is 5.54 Å². The quantitative estimate of drug-likeness (QED) is 0.802. The molecule has 3 rings (SSSR count). The minimum atomic E-state index is -0.581. The second kappa shape index (κ2) is 8.29. The summed E-state index contributed by atoms with van der Waals surface area (Å²) in [6, 6.07) is -0.0683. The van der Waals surface area contributed by atoms with Gasteiger partial charge < -0.3 is 20.5 Å². The lowest BCUT2D eigenvalue weighted by Gasteiger charge is -2.48. The second-order valence-corrected chi connectivity index (χ2v) is 7.77. The topological polar surface area (TPSA) is 96.5 Å². The Labute approximate surface area is 161 Å². The number of nitrogens with one attached hydrogen (secondary N) is 1. The molecule has 0 saturated carbocycles. The zero-order chi connectivity index (χ0) is 19.4. The van der Waals surface area contributed by atoms with Crippen LogP contribution in [-0.2, 0) is 11.3 Å². The van der Waals surface area contributed by atoms with E-state index in [1.165, 1.54) is 6.42 Å². The van der Waals surface area contributed by atoms with Crippen LogP contribution < -0.4 is 11.1 Å². The Hall–Kier alpha value is -2.09. The molecule has 0 spiro atoms. The third kappa shape index (κ3) is 4.10. The molecule has 1 aromatic rings. The molecule has 1 aromatic heterocycles. The first kappa shape index (κ1) is 19.7. The average Bonchev–Trinajstić information content (AvgIpc) is 3.00. The van der Waals surface area contributed by atoms with Gasteiger partial charge in [-0.25, -0.2) is 9.78 Å². The molecule has 150 valence electrons. The Morgan fingerprint density at radius 2 is 1.81 bits per heavy atom. The lowest BCUT2D eigenvalue weighted by atomic mass is 9.83. The number of rotatable bonds is 5. The van der Waals surface area contributed by atoms with E-state index >= 15 is 0 Å². The number of hydrogen-bond donors (Lipinski definition) is 2.